The molecule has 96 valence electrons. The lowest BCUT2D eigenvalue weighted by Crippen LogP contribution is -2.06. The molecule has 0 fully saturated rings. The average molecular weight is 245 g/mol. The average Bonchev–Trinajstić information content (AvgIpc) is 2.80. The SMILES string of the molecule is CC(C)CCc1nnc(CO)n1-c1ccccc1. The molecule has 0 saturated heterocycles. The van der Waals surface area contributed by atoms with E-state index in [1.807, 2.05) is 34.9 Å². The zero-order valence-corrected chi connectivity index (χ0v) is 10.9. The van der Waals surface area contributed by atoms with Gasteiger partial charge in [0.25, 0.3) is 0 Å². The lowest BCUT2D eigenvalue weighted by atomic mass is 10.1. The number of benzene rings is 1. The minimum absolute atomic E-state index is 0.0937. The molecule has 2 aromatic rings. The van der Waals surface area contributed by atoms with E-state index < -0.39 is 0 Å². The summed E-state index contributed by atoms with van der Waals surface area (Å²) in [4.78, 5) is 0. The van der Waals surface area contributed by atoms with Gasteiger partial charge in [0, 0.05) is 12.1 Å². The number of hydrogen-bond acceptors (Lipinski definition) is 3. The zero-order valence-electron chi connectivity index (χ0n) is 10.9. The molecular formula is C14H19N3O. The fraction of sp³-hybridized carbons (Fsp3) is 0.429. The van der Waals surface area contributed by atoms with Crippen LogP contribution >= 0.6 is 0 Å². The summed E-state index contributed by atoms with van der Waals surface area (Å²) in [5, 5.41) is 17.6. The molecule has 0 aliphatic rings. The van der Waals surface area contributed by atoms with Crippen molar-refractivity contribution < 1.29 is 5.11 Å². The molecule has 0 bridgehead atoms. The second-order valence-corrected chi connectivity index (χ2v) is 4.79. The highest BCUT2D eigenvalue weighted by atomic mass is 16.3. The number of rotatable bonds is 5. The molecule has 0 aliphatic heterocycles. The standard InChI is InChI=1S/C14H19N3O/c1-11(2)8-9-13-15-16-14(10-18)17(13)12-6-4-3-5-7-12/h3-7,11,18H,8-10H2,1-2H3. The Morgan fingerprint density at radius 3 is 2.39 bits per heavy atom. The summed E-state index contributed by atoms with van der Waals surface area (Å²) >= 11 is 0. The van der Waals surface area contributed by atoms with Crippen LogP contribution < -0.4 is 0 Å². The molecule has 0 spiro atoms. The second kappa shape index (κ2) is 5.78. The summed E-state index contributed by atoms with van der Waals surface area (Å²) in [6.07, 6.45) is 1.94. The minimum Gasteiger partial charge on any atom is -0.388 e. The monoisotopic (exact) mass is 245 g/mol. The molecule has 0 atom stereocenters. The van der Waals surface area contributed by atoms with Crippen molar-refractivity contribution >= 4 is 0 Å². The lowest BCUT2D eigenvalue weighted by Gasteiger charge is -2.10. The number of aryl methyl sites for hydroxylation is 1. The Morgan fingerprint density at radius 1 is 1.11 bits per heavy atom. The first kappa shape index (κ1) is 12.8. The van der Waals surface area contributed by atoms with Crippen LogP contribution in [-0.4, -0.2) is 19.9 Å². The van der Waals surface area contributed by atoms with Gasteiger partial charge in [0.2, 0.25) is 0 Å². The van der Waals surface area contributed by atoms with Gasteiger partial charge in [0.1, 0.15) is 12.4 Å². The van der Waals surface area contributed by atoms with Crippen LogP contribution in [0.3, 0.4) is 0 Å². The fourth-order valence-electron chi connectivity index (χ4n) is 1.91. The predicted molar refractivity (Wildman–Crippen MR) is 70.4 cm³/mol. The van der Waals surface area contributed by atoms with E-state index in [1.165, 1.54) is 0 Å². The molecule has 4 heteroatoms. The van der Waals surface area contributed by atoms with Gasteiger partial charge in [0.05, 0.1) is 0 Å². The van der Waals surface area contributed by atoms with Crippen molar-refractivity contribution in [3.05, 3.63) is 42.0 Å². The van der Waals surface area contributed by atoms with E-state index in [2.05, 4.69) is 24.0 Å². The Hall–Kier alpha value is -1.68. The van der Waals surface area contributed by atoms with Crippen molar-refractivity contribution in [1.82, 2.24) is 14.8 Å². The van der Waals surface area contributed by atoms with Crippen molar-refractivity contribution in [2.24, 2.45) is 5.92 Å². The van der Waals surface area contributed by atoms with E-state index in [1.54, 1.807) is 0 Å². The van der Waals surface area contributed by atoms with Gasteiger partial charge >= 0.3 is 0 Å². The maximum atomic E-state index is 9.35. The summed E-state index contributed by atoms with van der Waals surface area (Å²) in [6, 6.07) is 9.93. The summed E-state index contributed by atoms with van der Waals surface area (Å²) in [7, 11) is 0. The van der Waals surface area contributed by atoms with Gasteiger partial charge in [-0.3, -0.25) is 4.57 Å². The van der Waals surface area contributed by atoms with E-state index in [4.69, 9.17) is 0 Å². The smallest absolute Gasteiger partial charge is 0.163 e. The summed E-state index contributed by atoms with van der Waals surface area (Å²) in [6.45, 7) is 4.29. The molecule has 0 unspecified atom stereocenters. The van der Waals surface area contributed by atoms with Gasteiger partial charge in [-0.2, -0.15) is 0 Å². The van der Waals surface area contributed by atoms with Crippen LogP contribution in [0.1, 0.15) is 31.9 Å². The third kappa shape index (κ3) is 2.76. The van der Waals surface area contributed by atoms with Crippen LogP contribution in [0.25, 0.3) is 5.69 Å². The predicted octanol–water partition coefficient (Wildman–Crippen LogP) is 2.35. The molecular weight excluding hydrogens is 226 g/mol. The number of aliphatic hydroxyl groups is 1. The third-order valence-electron chi connectivity index (χ3n) is 2.90. The van der Waals surface area contributed by atoms with Crippen LogP contribution in [0.4, 0.5) is 0 Å². The summed E-state index contributed by atoms with van der Waals surface area (Å²) < 4.78 is 1.95. The Labute approximate surface area is 107 Å². The van der Waals surface area contributed by atoms with Gasteiger partial charge in [-0.15, -0.1) is 10.2 Å². The highest BCUT2D eigenvalue weighted by Gasteiger charge is 2.13. The maximum Gasteiger partial charge on any atom is 0.163 e. The van der Waals surface area contributed by atoms with E-state index in [0.717, 1.165) is 24.4 Å². The molecule has 1 N–H and O–H groups in total. The molecule has 2 rings (SSSR count). The maximum absolute atomic E-state index is 9.35. The van der Waals surface area contributed by atoms with Crippen LogP contribution in [0.2, 0.25) is 0 Å². The molecule has 0 aliphatic carbocycles. The van der Waals surface area contributed by atoms with Crippen LogP contribution in [0.5, 0.6) is 0 Å². The molecule has 18 heavy (non-hydrogen) atoms. The quantitative estimate of drug-likeness (QED) is 0.879. The lowest BCUT2D eigenvalue weighted by molar-refractivity contribution is 0.268. The Balaban J connectivity index is 2.34. The van der Waals surface area contributed by atoms with Crippen LogP contribution in [0.15, 0.2) is 30.3 Å². The van der Waals surface area contributed by atoms with Gasteiger partial charge in [-0.25, -0.2) is 0 Å². The number of para-hydroxylation sites is 1. The fourth-order valence-corrected chi connectivity index (χ4v) is 1.91. The molecule has 4 nitrogen and oxygen atoms in total. The van der Waals surface area contributed by atoms with Gasteiger partial charge < -0.3 is 5.11 Å². The first-order valence-corrected chi connectivity index (χ1v) is 6.32. The highest BCUT2D eigenvalue weighted by molar-refractivity contribution is 5.33. The van der Waals surface area contributed by atoms with Crippen molar-refractivity contribution in [1.29, 1.82) is 0 Å². The van der Waals surface area contributed by atoms with Gasteiger partial charge in [-0.1, -0.05) is 32.0 Å². The first-order valence-electron chi connectivity index (χ1n) is 6.32. The Morgan fingerprint density at radius 2 is 1.78 bits per heavy atom. The Kier molecular flexibility index (Phi) is 4.10. The van der Waals surface area contributed by atoms with E-state index in [9.17, 15) is 5.11 Å². The molecule has 0 radical (unpaired) electrons. The second-order valence-electron chi connectivity index (χ2n) is 4.79. The number of nitrogens with zero attached hydrogens (tertiary/aromatic N) is 3. The number of aliphatic hydroxyl groups excluding tert-OH is 1. The van der Waals surface area contributed by atoms with Gasteiger partial charge in [0.15, 0.2) is 5.82 Å². The summed E-state index contributed by atoms with van der Waals surface area (Å²) in [5.41, 5.74) is 1.00. The molecule has 1 aromatic carbocycles. The molecule has 1 aromatic heterocycles. The van der Waals surface area contributed by atoms with Crippen molar-refractivity contribution in [2.45, 2.75) is 33.3 Å². The van der Waals surface area contributed by atoms with Crippen LogP contribution in [-0.2, 0) is 13.0 Å². The number of hydrogen-bond donors (Lipinski definition) is 1. The van der Waals surface area contributed by atoms with E-state index in [-0.39, 0.29) is 6.61 Å². The van der Waals surface area contributed by atoms with E-state index >= 15 is 0 Å². The third-order valence-corrected chi connectivity index (χ3v) is 2.90. The summed E-state index contributed by atoms with van der Waals surface area (Å²) in [5.74, 6) is 2.14. The molecule has 0 saturated carbocycles. The van der Waals surface area contributed by atoms with Crippen molar-refractivity contribution in [2.75, 3.05) is 0 Å². The van der Waals surface area contributed by atoms with E-state index in [0.29, 0.717) is 11.7 Å². The normalized spacial score (nSPS) is 11.1. The minimum atomic E-state index is -0.0937. The largest absolute Gasteiger partial charge is 0.388 e. The first-order chi connectivity index (χ1) is 8.72. The van der Waals surface area contributed by atoms with Crippen LogP contribution in [0, 0.1) is 5.92 Å². The highest BCUT2D eigenvalue weighted by Crippen LogP contribution is 2.15. The van der Waals surface area contributed by atoms with Gasteiger partial charge in [-0.05, 0) is 24.5 Å². The van der Waals surface area contributed by atoms with Crippen molar-refractivity contribution in [3.63, 3.8) is 0 Å². The molecule has 1 heterocycles. The topological polar surface area (TPSA) is 50.9 Å². The zero-order chi connectivity index (χ0) is 13.0. The van der Waals surface area contributed by atoms with Crippen molar-refractivity contribution in [3.8, 4) is 5.69 Å². The molecule has 0 amide bonds. The Bertz CT molecular complexity index is 491. The number of aromatic nitrogens is 3.